The number of nitrogens with one attached hydrogen (secondary N) is 1. The molecule has 0 bridgehead atoms. The fraction of sp³-hybridized carbons (Fsp3) is 0.625. The van der Waals surface area contributed by atoms with Gasteiger partial charge in [0.1, 0.15) is 0 Å². The monoisotopic (exact) mass is 280 g/mol. The highest BCUT2D eigenvalue weighted by Gasteiger charge is 2.21. The maximum absolute atomic E-state index is 6.16. The van der Waals surface area contributed by atoms with E-state index < -0.39 is 0 Å². The summed E-state index contributed by atoms with van der Waals surface area (Å²) >= 11 is 6.16. The number of rotatable bonds is 7. The number of benzene rings is 1. The molecule has 0 aromatic heterocycles. The Bertz CT molecular complexity index is 415. The Labute approximate surface area is 122 Å². The minimum Gasteiger partial charge on any atom is -0.369 e. The second-order valence-corrected chi connectivity index (χ2v) is 5.91. The minimum absolute atomic E-state index is 0.561. The van der Waals surface area contributed by atoms with Crippen LogP contribution in [0.2, 0.25) is 5.02 Å². The number of hydrogen-bond donors (Lipinski definition) is 1. The van der Waals surface area contributed by atoms with Crippen molar-refractivity contribution in [2.24, 2.45) is 0 Å². The normalized spacial score (nSPS) is 16.4. The van der Waals surface area contributed by atoms with E-state index in [1.807, 2.05) is 6.07 Å². The molecule has 0 heterocycles. The summed E-state index contributed by atoms with van der Waals surface area (Å²) < 4.78 is 0. The van der Waals surface area contributed by atoms with E-state index >= 15 is 0 Å². The van der Waals surface area contributed by atoms with Crippen LogP contribution in [0.5, 0.6) is 0 Å². The van der Waals surface area contributed by atoms with Gasteiger partial charge in [0.25, 0.3) is 0 Å². The second kappa shape index (κ2) is 6.62. The fourth-order valence-electron chi connectivity index (χ4n) is 2.46. The average molecular weight is 281 g/mol. The van der Waals surface area contributed by atoms with Crippen LogP contribution in [0.4, 0.5) is 5.69 Å². The van der Waals surface area contributed by atoms with E-state index in [1.165, 1.54) is 24.1 Å². The van der Waals surface area contributed by atoms with Crippen LogP contribution in [-0.4, -0.2) is 18.6 Å². The first kappa shape index (κ1) is 14.7. The fourth-order valence-corrected chi connectivity index (χ4v) is 2.65. The summed E-state index contributed by atoms with van der Waals surface area (Å²) in [6.07, 6.45) is 3.80. The molecule has 2 nitrogen and oxygen atoms in total. The summed E-state index contributed by atoms with van der Waals surface area (Å²) in [4.78, 5) is 2.47. The van der Waals surface area contributed by atoms with Crippen molar-refractivity contribution >= 4 is 17.3 Å². The molecule has 3 heteroatoms. The minimum atomic E-state index is 0.561. The lowest BCUT2D eigenvalue weighted by Gasteiger charge is -2.31. The van der Waals surface area contributed by atoms with E-state index in [9.17, 15) is 0 Å². The lowest BCUT2D eigenvalue weighted by molar-refractivity contribution is 0.621. The number of hydrogen-bond acceptors (Lipinski definition) is 2. The zero-order valence-electron chi connectivity index (χ0n) is 12.2. The summed E-state index contributed by atoms with van der Waals surface area (Å²) in [5.74, 6) is 0. The third-order valence-corrected chi connectivity index (χ3v) is 4.21. The Hall–Kier alpha value is -0.730. The zero-order chi connectivity index (χ0) is 13.8. The van der Waals surface area contributed by atoms with Crippen molar-refractivity contribution < 1.29 is 0 Å². The van der Waals surface area contributed by atoms with Gasteiger partial charge in [0.2, 0.25) is 0 Å². The van der Waals surface area contributed by atoms with Gasteiger partial charge in [-0.1, -0.05) is 18.5 Å². The highest BCUT2D eigenvalue weighted by atomic mass is 35.5. The molecular formula is C16H25ClN2. The van der Waals surface area contributed by atoms with Crippen LogP contribution in [0.15, 0.2) is 18.2 Å². The molecule has 1 N–H and O–H groups in total. The van der Waals surface area contributed by atoms with Crippen LogP contribution in [-0.2, 0) is 6.54 Å². The van der Waals surface area contributed by atoms with Crippen LogP contribution in [0.1, 0.15) is 45.6 Å². The molecule has 1 fully saturated rings. The molecule has 0 aliphatic heterocycles. The molecule has 1 unspecified atom stereocenters. The maximum atomic E-state index is 6.16. The summed E-state index contributed by atoms with van der Waals surface area (Å²) in [6.45, 7) is 8.71. The maximum Gasteiger partial charge on any atom is 0.0415 e. The predicted octanol–water partition coefficient (Wildman–Crippen LogP) is 4.22. The third-order valence-electron chi connectivity index (χ3n) is 3.97. The smallest absolute Gasteiger partial charge is 0.0415 e. The standard InChI is InChI=1S/C16H25ClN2/c1-4-12(3)19(5-2)16-9-6-14(17)10-13(16)11-18-15-7-8-15/h6,9-10,12,15,18H,4-5,7-8,11H2,1-3H3. The largest absolute Gasteiger partial charge is 0.369 e. The Balaban J connectivity index is 2.20. The average Bonchev–Trinajstić information content (AvgIpc) is 3.23. The van der Waals surface area contributed by atoms with Gasteiger partial charge < -0.3 is 10.2 Å². The Morgan fingerprint density at radius 2 is 2.11 bits per heavy atom. The molecule has 1 aliphatic carbocycles. The SMILES string of the molecule is CCC(C)N(CC)c1ccc(Cl)cc1CNC1CC1. The molecule has 0 radical (unpaired) electrons. The van der Waals surface area contributed by atoms with Gasteiger partial charge >= 0.3 is 0 Å². The molecule has 2 rings (SSSR count). The van der Waals surface area contributed by atoms with Crippen LogP contribution < -0.4 is 10.2 Å². The summed E-state index contributed by atoms with van der Waals surface area (Å²) in [7, 11) is 0. The van der Waals surface area contributed by atoms with Crippen LogP contribution in [0.3, 0.4) is 0 Å². The van der Waals surface area contributed by atoms with Crippen molar-refractivity contribution in [1.29, 1.82) is 0 Å². The second-order valence-electron chi connectivity index (χ2n) is 5.47. The number of nitrogens with zero attached hydrogens (tertiary/aromatic N) is 1. The Morgan fingerprint density at radius 3 is 2.68 bits per heavy atom. The summed E-state index contributed by atoms with van der Waals surface area (Å²) in [5.41, 5.74) is 2.65. The van der Waals surface area contributed by atoms with E-state index in [1.54, 1.807) is 0 Å². The number of anilines is 1. The Morgan fingerprint density at radius 1 is 1.37 bits per heavy atom. The van der Waals surface area contributed by atoms with Gasteiger partial charge in [0, 0.05) is 35.9 Å². The molecule has 1 aliphatic rings. The molecule has 106 valence electrons. The van der Waals surface area contributed by atoms with Crippen LogP contribution in [0.25, 0.3) is 0 Å². The van der Waals surface area contributed by atoms with Gasteiger partial charge in [-0.3, -0.25) is 0 Å². The molecule has 1 saturated carbocycles. The molecule has 1 atom stereocenters. The Kier molecular flexibility index (Phi) is 5.12. The molecule has 19 heavy (non-hydrogen) atoms. The van der Waals surface area contributed by atoms with Crippen LogP contribution >= 0.6 is 11.6 Å². The third kappa shape index (κ3) is 3.87. The molecule has 0 spiro atoms. The lowest BCUT2D eigenvalue weighted by Crippen LogP contribution is -2.33. The molecule has 0 amide bonds. The van der Waals surface area contributed by atoms with E-state index in [-0.39, 0.29) is 0 Å². The highest BCUT2D eigenvalue weighted by Crippen LogP contribution is 2.28. The lowest BCUT2D eigenvalue weighted by atomic mass is 10.1. The van der Waals surface area contributed by atoms with Gasteiger partial charge in [-0.15, -0.1) is 0 Å². The summed E-state index contributed by atoms with van der Waals surface area (Å²) in [5, 5.41) is 4.42. The molecule has 1 aromatic carbocycles. The van der Waals surface area contributed by atoms with Crippen molar-refractivity contribution in [3.8, 4) is 0 Å². The zero-order valence-corrected chi connectivity index (χ0v) is 13.0. The first-order valence-electron chi connectivity index (χ1n) is 7.44. The number of halogens is 1. The quantitative estimate of drug-likeness (QED) is 0.805. The van der Waals surface area contributed by atoms with Crippen molar-refractivity contribution in [1.82, 2.24) is 5.32 Å². The van der Waals surface area contributed by atoms with Gasteiger partial charge in [-0.05, 0) is 56.9 Å². The summed E-state index contributed by atoms with van der Waals surface area (Å²) in [6, 6.07) is 7.57. The predicted molar refractivity (Wildman–Crippen MR) is 84.1 cm³/mol. The van der Waals surface area contributed by atoms with Crippen molar-refractivity contribution in [3.63, 3.8) is 0 Å². The van der Waals surface area contributed by atoms with Gasteiger partial charge in [-0.25, -0.2) is 0 Å². The first-order chi connectivity index (χ1) is 9.15. The van der Waals surface area contributed by atoms with Crippen molar-refractivity contribution in [3.05, 3.63) is 28.8 Å². The molecular weight excluding hydrogens is 256 g/mol. The van der Waals surface area contributed by atoms with Gasteiger partial charge in [0.15, 0.2) is 0 Å². The van der Waals surface area contributed by atoms with Gasteiger partial charge in [0.05, 0.1) is 0 Å². The highest BCUT2D eigenvalue weighted by molar-refractivity contribution is 6.30. The van der Waals surface area contributed by atoms with E-state index in [2.05, 4.69) is 43.1 Å². The van der Waals surface area contributed by atoms with Crippen molar-refractivity contribution in [2.75, 3.05) is 11.4 Å². The molecule has 1 aromatic rings. The van der Waals surface area contributed by atoms with Crippen molar-refractivity contribution in [2.45, 2.75) is 58.7 Å². The van der Waals surface area contributed by atoms with Gasteiger partial charge in [-0.2, -0.15) is 0 Å². The van der Waals surface area contributed by atoms with E-state index in [4.69, 9.17) is 11.6 Å². The van der Waals surface area contributed by atoms with Crippen LogP contribution in [0, 0.1) is 0 Å². The topological polar surface area (TPSA) is 15.3 Å². The van der Waals surface area contributed by atoms with E-state index in [0.717, 1.165) is 30.6 Å². The molecule has 0 saturated heterocycles. The first-order valence-corrected chi connectivity index (χ1v) is 7.82. The van der Waals surface area contributed by atoms with E-state index in [0.29, 0.717) is 6.04 Å².